The van der Waals surface area contributed by atoms with E-state index in [2.05, 4.69) is 15.0 Å². The predicted molar refractivity (Wildman–Crippen MR) is 127 cm³/mol. The first-order chi connectivity index (χ1) is 17.0. The summed E-state index contributed by atoms with van der Waals surface area (Å²) < 4.78 is 0. The maximum absolute atomic E-state index is 10.9. The Morgan fingerprint density at radius 3 is 1.17 bits per heavy atom. The van der Waals surface area contributed by atoms with Crippen LogP contribution in [0.4, 0.5) is 34.1 Å². The molecule has 188 valence electrons. The molecule has 0 fully saturated rings. The van der Waals surface area contributed by atoms with Gasteiger partial charge in [-0.25, -0.2) is 0 Å². The summed E-state index contributed by atoms with van der Waals surface area (Å²) >= 11 is 0.194. The van der Waals surface area contributed by atoms with Crippen LogP contribution in [0.2, 0.25) is 0 Å². The number of nitro groups is 4. The van der Waals surface area contributed by atoms with Crippen LogP contribution in [0.3, 0.4) is 0 Å². The molecule has 0 aliphatic heterocycles. The molecule has 1 N–H and O–H groups in total. The number of hydrogen-bond donors (Lipinski definition) is 1. The molecule has 2 aromatic carbocycles. The third kappa shape index (κ3) is 8.21. The molecule has 1 heterocycles. The molecule has 0 bridgehead atoms. The van der Waals surface area contributed by atoms with Gasteiger partial charge in [0.1, 0.15) is 0 Å². The molecular weight excluding hydrogens is 569 g/mol. The Labute approximate surface area is 214 Å². The molecule has 0 radical (unpaired) electrons. The van der Waals surface area contributed by atoms with E-state index in [1.54, 1.807) is 12.1 Å². The molecule has 36 heavy (non-hydrogen) atoms. The number of nitro benzene ring substituents is 4. The number of halogens is 2. The Morgan fingerprint density at radius 2 is 0.917 bits per heavy atom. The summed E-state index contributed by atoms with van der Waals surface area (Å²) in [5, 5.41) is 43.8. The average molecular weight is 580 g/mol. The normalized spacial score (nSPS) is 10.8. The van der Waals surface area contributed by atoms with Gasteiger partial charge in [-0.05, 0) is 12.1 Å². The second-order valence-corrected chi connectivity index (χ2v) is 8.20. The van der Waals surface area contributed by atoms with Crippen LogP contribution in [-0.2, 0) is 13.1 Å². The molecule has 0 saturated carbocycles. The monoisotopic (exact) mass is 579 g/mol. The van der Waals surface area contributed by atoms with Crippen LogP contribution < -0.4 is 0 Å². The Balaban J connectivity index is 0.00000145. The van der Waals surface area contributed by atoms with Crippen molar-refractivity contribution in [3.05, 3.63) is 100 Å². The molecular formula is C18H11Cl2FeN7O8. The standard InChI is InChI=1S/C18H11N7O8.2ClH.Fe/c26-22(27)15-3-13(4-16(7-15)23(28)29)19-9-11-1-2-12(21-11)10-20-14-5-17(24(30)31)8-18(6-14)25(32)33;;;/h1-10,21H;2*1H;/q;;;+2/p-2. The summed E-state index contributed by atoms with van der Waals surface area (Å²) in [5.74, 6) is 0. The Bertz CT molecular complexity index is 1210. The third-order valence-electron chi connectivity index (χ3n) is 4.05. The third-order valence-corrected chi connectivity index (χ3v) is 4.05. The van der Waals surface area contributed by atoms with Crippen molar-refractivity contribution < 1.29 is 32.8 Å². The zero-order valence-electron chi connectivity index (χ0n) is 17.3. The number of aliphatic imine (C=N–C) groups is 2. The van der Waals surface area contributed by atoms with Crippen LogP contribution in [0, 0.1) is 40.5 Å². The van der Waals surface area contributed by atoms with Gasteiger partial charge in [0.2, 0.25) is 0 Å². The second kappa shape index (κ2) is 13.0. The van der Waals surface area contributed by atoms with Crippen LogP contribution in [0.5, 0.6) is 0 Å². The molecule has 0 saturated heterocycles. The van der Waals surface area contributed by atoms with E-state index in [4.69, 9.17) is 20.2 Å². The Morgan fingerprint density at radius 1 is 0.639 bits per heavy atom. The fourth-order valence-electron chi connectivity index (χ4n) is 2.60. The quantitative estimate of drug-likeness (QED) is 0.154. The zero-order valence-corrected chi connectivity index (χ0v) is 19.9. The van der Waals surface area contributed by atoms with Crippen LogP contribution in [0.15, 0.2) is 58.5 Å². The van der Waals surface area contributed by atoms with Crippen LogP contribution in [0.1, 0.15) is 11.4 Å². The van der Waals surface area contributed by atoms with E-state index in [1.165, 1.54) is 12.4 Å². The van der Waals surface area contributed by atoms with Gasteiger partial charge in [-0.1, -0.05) is 0 Å². The average Bonchev–Trinajstić information content (AvgIpc) is 3.29. The van der Waals surface area contributed by atoms with Gasteiger partial charge in [-0.3, -0.25) is 50.4 Å². The van der Waals surface area contributed by atoms with Crippen LogP contribution in [-0.4, -0.2) is 37.1 Å². The zero-order chi connectivity index (χ0) is 26.8. The molecule has 0 aliphatic carbocycles. The van der Waals surface area contributed by atoms with E-state index in [-0.39, 0.29) is 24.5 Å². The van der Waals surface area contributed by atoms with Gasteiger partial charge in [0.05, 0.1) is 67.0 Å². The SMILES string of the molecule is O=[N+]([O-])c1cc(N=Cc2ccc(C=Nc3cc([N+](=O)[O-])cc([N+](=O)[O-])c3)[nH]2)cc([N+](=O)[O-])c1.[Cl][Fe][Cl]. The summed E-state index contributed by atoms with van der Waals surface area (Å²) in [6.45, 7) is 0. The van der Waals surface area contributed by atoms with Crippen molar-refractivity contribution in [2.45, 2.75) is 0 Å². The molecule has 3 aromatic rings. The van der Waals surface area contributed by atoms with E-state index in [9.17, 15) is 40.5 Å². The van der Waals surface area contributed by atoms with Crippen molar-refractivity contribution in [1.82, 2.24) is 4.98 Å². The summed E-state index contributed by atoms with van der Waals surface area (Å²) in [5.41, 5.74) is -1.13. The van der Waals surface area contributed by atoms with E-state index < -0.39 is 42.4 Å². The molecule has 15 nitrogen and oxygen atoms in total. The van der Waals surface area contributed by atoms with Crippen molar-refractivity contribution in [1.29, 1.82) is 0 Å². The number of aromatic nitrogens is 1. The summed E-state index contributed by atoms with van der Waals surface area (Å²) in [4.78, 5) is 51.6. The van der Waals surface area contributed by atoms with Crippen molar-refractivity contribution in [3.63, 3.8) is 0 Å². The molecule has 18 heteroatoms. The number of non-ortho nitro benzene ring substituents is 4. The van der Waals surface area contributed by atoms with Gasteiger partial charge in [0.15, 0.2) is 0 Å². The van der Waals surface area contributed by atoms with Crippen molar-refractivity contribution in [3.8, 4) is 0 Å². The van der Waals surface area contributed by atoms with E-state index >= 15 is 0 Å². The number of nitrogens with zero attached hydrogens (tertiary/aromatic N) is 6. The van der Waals surface area contributed by atoms with E-state index in [0.29, 0.717) is 11.4 Å². The number of nitrogens with one attached hydrogen (secondary N) is 1. The van der Waals surface area contributed by atoms with Gasteiger partial charge in [-0.2, -0.15) is 0 Å². The molecule has 0 spiro atoms. The fraction of sp³-hybridized carbons (Fsp3) is 0. The van der Waals surface area contributed by atoms with Crippen molar-refractivity contribution >= 4 is 66.7 Å². The first-order valence-electron chi connectivity index (χ1n) is 9.04. The molecule has 0 amide bonds. The molecule has 0 atom stereocenters. The van der Waals surface area contributed by atoms with Gasteiger partial charge in [0.25, 0.3) is 22.7 Å². The Hall–Kier alpha value is -4.24. The first kappa shape index (κ1) is 28.0. The molecule has 0 aliphatic rings. The number of aromatic amines is 1. The van der Waals surface area contributed by atoms with E-state index in [0.717, 1.165) is 36.4 Å². The minimum atomic E-state index is -0.770. The van der Waals surface area contributed by atoms with Gasteiger partial charge < -0.3 is 4.98 Å². The molecule has 3 rings (SSSR count). The van der Waals surface area contributed by atoms with Crippen LogP contribution >= 0.6 is 20.2 Å². The summed E-state index contributed by atoms with van der Waals surface area (Å²) in [7, 11) is 9.53. The van der Waals surface area contributed by atoms with Gasteiger partial charge in [0, 0.05) is 24.3 Å². The maximum atomic E-state index is 10.9. The topological polar surface area (TPSA) is 213 Å². The first-order valence-corrected chi connectivity index (χ1v) is 12.1. The molecule has 1 aromatic heterocycles. The number of H-pyrrole nitrogens is 1. The van der Waals surface area contributed by atoms with E-state index in [1.807, 2.05) is 0 Å². The second-order valence-electron chi connectivity index (χ2n) is 6.38. The molecule has 0 unspecified atom stereocenters. The van der Waals surface area contributed by atoms with Crippen molar-refractivity contribution in [2.75, 3.05) is 0 Å². The summed E-state index contributed by atoms with van der Waals surface area (Å²) in [6.07, 6.45) is 2.55. The summed E-state index contributed by atoms with van der Waals surface area (Å²) in [6, 6.07) is 9.06. The van der Waals surface area contributed by atoms with Crippen LogP contribution in [0.25, 0.3) is 0 Å². The number of rotatable bonds is 8. The van der Waals surface area contributed by atoms with Gasteiger partial charge >= 0.3 is 33.3 Å². The number of hydrogen-bond acceptors (Lipinski definition) is 10. The Kier molecular flexibility index (Phi) is 10.1. The van der Waals surface area contributed by atoms with Gasteiger partial charge in [-0.15, -0.1) is 0 Å². The minimum absolute atomic E-state index is 0.00961. The predicted octanol–water partition coefficient (Wildman–Crippen LogP) is 5.53. The van der Waals surface area contributed by atoms with Crippen molar-refractivity contribution in [2.24, 2.45) is 9.98 Å². The fourth-order valence-corrected chi connectivity index (χ4v) is 2.60. The number of benzene rings is 2.